The van der Waals surface area contributed by atoms with Gasteiger partial charge in [-0.1, -0.05) is 45.8 Å². The Kier molecular flexibility index (Phi) is 3.11. The van der Waals surface area contributed by atoms with E-state index in [4.69, 9.17) is 0 Å². The number of carbonyl (C=O) groups is 1. The van der Waals surface area contributed by atoms with Gasteiger partial charge in [-0.3, -0.25) is 4.79 Å². The molecule has 2 aromatic rings. The Balaban J connectivity index is 1.97. The molecular formula is C17H13BrO. The molecule has 0 saturated carbocycles. The van der Waals surface area contributed by atoms with Crippen LogP contribution in [0.1, 0.15) is 27.0 Å². The highest BCUT2D eigenvalue weighted by atomic mass is 79.9. The molecule has 0 heterocycles. The largest absolute Gasteiger partial charge is 0.289 e. The van der Waals surface area contributed by atoms with E-state index in [1.165, 1.54) is 5.56 Å². The Bertz CT molecular complexity index is 681. The summed E-state index contributed by atoms with van der Waals surface area (Å²) in [5.41, 5.74) is 5.13. The van der Waals surface area contributed by atoms with Crippen molar-refractivity contribution >= 4 is 27.8 Å². The molecule has 0 radical (unpaired) electrons. The van der Waals surface area contributed by atoms with E-state index < -0.39 is 0 Å². The zero-order valence-electron chi connectivity index (χ0n) is 10.6. The van der Waals surface area contributed by atoms with Crippen molar-refractivity contribution in [3.63, 3.8) is 0 Å². The smallest absolute Gasteiger partial charge is 0.189 e. The first-order valence-corrected chi connectivity index (χ1v) is 7.03. The summed E-state index contributed by atoms with van der Waals surface area (Å²) in [4.78, 5) is 12.3. The van der Waals surface area contributed by atoms with Crippen LogP contribution in [-0.4, -0.2) is 5.78 Å². The van der Waals surface area contributed by atoms with Gasteiger partial charge in [-0.05, 0) is 42.3 Å². The number of hydrogen-bond acceptors (Lipinski definition) is 1. The van der Waals surface area contributed by atoms with Crippen LogP contribution < -0.4 is 0 Å². The van der Waals surface area contributed by atoms with Crippen molar-refractivity contribution in [1.82, 2.24) is 0 Å². The standard InChI is InChI=1S/C17H13BrO/c1-11-2-4-12(5-3-11)8-14-9-13-10-15(18)6-7-16(13)17(14)19/h2-8,10H,9H2,1H3/b14-8+. The van der Waals surface area contributed by atoms with Crippen molar-refractivity contribution in [2.24, 2.45) is 0 Å². The zero-order valence-corrected chi connectivity index (χ0v) is 12.2. The number of fused-ring (bicyclic) bond motifs is 1. The third-order valence-corrected chi connectivity index (χ3v) is 3.90. The van der Waals surface area contributed by atoms with E-state index in [0.29, 0.717) is 0 Å². The summed E-state index contributed by atoms with van der Waals surface area (Å²) in [5, 5.41) is 0. The second-order valence-electron chi connectivity index (χ2n) is 4.89. The molecule has 3 rings (SSSR count). The van der Waals surface area contributed by atoms with Gasteiger partial charge in [0.05, 0.1) is 0 Å². The van der Waals surface area contributed by atoms with Crippen molar-refractivity contribution < 1.29 is 4.79 Å². The Morgan fingerprint density at radius 2 is 1.84 bits per heavy atom. The molecule has 0 amide bonds. The van der Waals surface area contributed by atoms with Crippen molar-refractivity contribution in [2.45, 2.75) is 13.3 Å². The summed E-state index contributed by atoms with van der Waals surface area (Å²) >= 11 is 3.45. The quantitative estimate of drug-likeness (QED) is 0.704. The number of halogens is 1. The number of carbonyl (C=O) groups excluding carboxylic acids is 1. The van der Waals surface area contributed by atoms with Gasteiger partial charge in [-0.2, -0.15) is 0 Å². The molecule has 94 valence electrons. The molecule has 0 unspecified atom stereocenters. The van der Waals surface area contributed by atoms with E-state index in [0.717, 1.165) is 33.2 Å². The Hall–Kier alpha value is -1.67. The normalized spacial score (nSPS) is 15.9. The lowest BCUT2D eigenvalue weighted by molar-refractivity contribution is 0.104. The minimum Gasteiger partial charge on any atom is -0.289 e. The number of benzene rings is 2. The van der Waals surface area contributed by atoms with Crippen LogP contribution in [0.2, 0.25) is 0 Å². The summed E-state index contributed by atoms with van der Waals surface area (Å²) in [6.07, 6.45) is 2.72. The fourth-order valence-electron chi connectivity index (χ4n) is 2.37. The highest BCUT2D eigenvalue weighted by Crippen LogP contribution is 2.30. The van der Waals surface area contributed by atoms with Crippen LogP contribution in [0.15, 0.2) is 52.5 Å². The fraction of sp³-hybridized carbons (Fsp3) is 0.118. The van der Waals surface area contributed by atoms with E-state index in [9.17, 15) is 4.79 Å². The van der Waals surface area contributed by atoms with Crippen molar-refractivity contribution in [1.29, 1.82) is 0 Å². The maximum absolute atomic E-state index is 12.3. The molecule has 0 fully saturated rings. The SMILES string of the molecule is Cc1ccc(/C=C2\Cc3cc(Br)ccc3C2=O)cc1. The minimum absolute atomic E-state index is 0.156. The van der Waals surface area contributed by atoms with E-state index in [1.807, 2.05) is 24.3 Å². The van der Waals surface area contributed by atoms with Crippen LogP contribution in [0.5, 0.6) is 0 Å². The van der Waals surface area contributed by atoms with Crippen LogP contribution in [0.3, 0.4) is 0 Å². The van der Waals surface area contributed by atoms with Gasteiger partial charge in [0.25, 0.3) is 0 Å². The second kappa shape index (κ2) is 4.78. The van der Waals surface area contributed by atoms with Gasteiger partial charge < -0.3 is 0 Å². The molecule has 1 nitrogen and oxygen atoms in total. The number of hydrogen-bond donors (Lipinski definition) is 0. The summed E-state index contributed by atoms with van der Waals surface area (Å²) in [7, 11) is 0. The predicted molar refractivity (Wildman–Crippen MR) is 81.3 cm³/mol. The second-order valence-corrected chi connectivity index (χ2v) is 5.80. The Labute approximate surface area is 121 Å². The minimum atomic E-state index is 0.156. The summed E-state index contributed by atoms with van der Waals surface area (Å²) in [6.45, 7) is 2.06. The molecule has 0 aromatic heterocycles. The summed E-state index contributed by atoms with van der Waals surface area (Å²) in [5.74, 6) is 0.156. The fourth-order valence-corrected chi connectivity index (χ4v) is 2.78. The number of allylic oxidation sites excluding steroid dienone is 1. The first-order chi connectivity index (χ1) is 9.13. The van der Waals surface area contributed by atoms with Crippen LogP contribution >= 0.6 is 15.9 Å². The van der Waals surface area contributed by atoms with E-state index in [1.54, 1.807) is 0 Å². The molecule has 1 aliphatic rings. The molecule has 0 aliphatic heterocycles. The average molecular weight is 313 g/mol. The van der Waals surface area contributed by atoms with Crippen molar-refractivity contribution in [2.75, 3.05) is 0 Å². The third-order valence-electron chi connectivity index (χ3n) is 3.40. The lowest BCUT2D eigenvalue weighted by Gasteiger charge is -1.97. The average Bonchev–Trinajstić information content (AvgIpc) is 2.68. The zero-order chi connectivity index (χ0) is 13.4. The molecule has 0 spiro atoms. The highest BCUT2D eigenvalue weighted by molar-refractivity contribution is 9.10. The van der Waals surface area contributed by atoms with Crippen LogP contribution in [0.4, 0.5) is 0 Å². The van der Waals surface area contributed by atoms with Gasteiger partial charge in [-0.25, -0.2) is 0 Å². The lowest BCUT2D eigenvalue weighted by Crippen LogP contribution is -1.94. The molecule has 0 atom stereocenters. The Morgan fingerprint density at radius 1 is 1.11 bits per heavy atom. The van der Waals surface area contributed by atoms with Gasteiger partial charge in [0.1, 0.15) is 0 Å². The van der Waals surface area contributed by atoms with Crippen molar-refractivity contribution in [3.05, 3.63) is 74.8 Å². The van der Waals surface area contributed by atoms with Crippen molar-refractivity contribution in [3.8, 4) is 0 Å². The maximum Gasteiger partial charge on any atom is 0.189 e. The number of rotatable bonds is 1. The van der Waals surface area contributed by atoms with Crippen LogP contribution in [0.25, 0.3) is 6.08 Å². The number of aryl methyl sites for hydroxylation is 1. The van der Waals surface area contributed by atoms with Crippen LogP contribution in [-0.2, 0) is 6.42 Å². The molecule has 0 saturated heterocycles. The first kappa shape index (κ1) is 12.4. The van der Waals surface area contributed by atoms with Gasteiger partial charge in [0, 0.05) is 22.0 Å². The predicted octanol–water partition coefficient (Wildman–Crippen LogP) is 4.58. The molecule has 2 heteroatoms. The first-order valence-electron chi connectivity index (χ1n) is 6.24. The van der Waals surface area contributed by atoms with E-state index in [2.05, 4.69) is 47.1 Å². The number of ketones is 1. The van der Waals surface area contributed by atoms with E-state index >= 15 is 0 Å². The maximum atomic E-state index is 12.3. The molecule has 0 bridgehead atoms. The summed E-state index contributed by atoms with van der Waals surface area (Å²) < 4.78 is 1.02. The molecule has 0 N–H and O–H groups in total. The van der Waals surface area contributed by atoms with Crippen LogP contribution in [0, 0.1) is 6.92 Å². The monoisotopic (exact) mass is 312 g/mol. The van der Waals surface area contributed by atoms with E-state index in [-0.39, 0.29) is 5.78 Å². The van der Waals surface area contributed by atoms with Gasteiger partial charge in [-0.15, -0.1) is 0 Å². The highest BCUT2D eigenvalue weighted by Gasteiger charge is 2.24. The lowest BCUT2D eigenvalue weighted by atomic mass is 10.1. The third kappa shape index (κ3) is 2.41. The summed E-state index contributed by atoms with van der Waals surface area (Å²) in [6, 6.07) is 14.1. The molecule has 19 heavy (non-hydrogen) atoms. The Morgan fingerprint density at radius 3 is 2.58 bits per heavy atom. The molecule has 1 aliphatic carbocycles. The van der Waals surface area contributed by atoms with Gasteiger partial charge in [0.15, 0.2) is 5.78 Å². The molecule has 2 aromatic carbocycles. The molecular weight excluding hydrogens is 300 g/mol. The van der Waals surface area contributed by atoms with Gasteiger partial charge >= 0.3 is 0 Å². The van der Waals surface area contributed by atoms with Gasteiger partial charge in [0.2, 0.25) is 0 Å². The number of Topliss-reactive ketones (excluding diaryl/α,β-unsaturated/α-hetero) is 1. The topological polar surface area (TPSA) is 17.1 Å².